The van der Waals surface area contributed by atoms with Crippen molar-refractivity contribution in [1.82, 2.24) is 4.57 Å². The summed E-state index contributed by atoms with van der Waals surface area (Å²) in [4.78, 5) is 32.3. The number of hydrogen-bond acceptors (Lipinski definition) is 9. The van der Waals surface area contributed by atoms with Crippen molar-refractivity contribution in [2.45, 2.75) is 26.5 Å². The Morgan fingerprint density at radius 3 is 2.57 bits per heavy atom. The van der Waals surface area contributed by atoms with Gasteiger partial charge in [0.25, 0.3) is 5.56 Å². The molecule has 1 aromatic heterocycles. The minimum atomic E-state index is -0.787. The highest BCUT2D eigenvalue weighted by molar-refractivity contribution is 14.1. The van der Waals surface area contributed by atoms with E-state index in [0.29, 0.717) is 43.4 Å². The van der Waals surface area contributed by atoms with Crippen molar-refractivity contribution >= 4 is 46.0 Å². The van der Waals surface area contributed by atoms with E-state index in [4.69, 9.17) is 18.9 Å². The second-order valence-electron chi connectivity index (χ2n) is 9.64. The van der Waals surface area contributed by atoms with Crippen LogP contribution >= 0.6 is 33.9 Å². The van der Waals surface area contributed by atoms with Crippen LogP contribution in [0.25, 0.3) is 6.08 Å². The number of para-hydroxylation sites is 1. The molecule has 0 unspecified atom stereocenters. The predicted molar refractivity (Wildman–Crippen MR) is 175 cm³/mol. The number of esters is 1. The summed E-state index contributed by atoms with van der Waals surface area (Å²) in [6.07, 6.45) is 1.77. The van der Waals surface area contributed by atoms with E-state index in [0.717, 1.165) is 14.7 Å². The number of carbonyl (C=O) groups excluding carboxylic acids is 1. The third kappa shape index (κ3) is 6.00. The first kappa shape index (κ1) is 31.0. The number of carbonyl (C=O) groups is 1. The SMILES string of the molecule is CCOC(=O)C1=C(C)N=c2s/c(=C/c3cc(I)c(OCc4ccccc4C#N)c(OC)c3)c(=O)n2[C@H]1c1ccccc1OC. The molecule has 0 saturated carbocycles. The summed E-state index contributed by atoms with van der Waals surface area (Å²) in [5.74, 6) is 1.02. The molecule has 44 heavy (non-hydrogen) atoms. The first-order chi connectivity index (χ1) is 21.3. The first-order valence-corrected chi connectivity index (χ1v) is 15.5. The van der Waals surface area contributed by atoms with Crippen LogP contribution in [0.5, 0.6) is 17.2 Å². The molecule has 0 N–H and O–H groups in total. The van der Waals surface area contributed by atoms with E-state index < -0.39 is 12.0 Å². The fourth-order valence-electron chi connectivity index (χ4n) is 5.00. The van der Waals surface area contributed by atoms with Crippen molar-refractivity contribution in [3.05, 3.63) is 117 Å². The van der Waals surface area contributed by atoms with Gasteiger partial charge in [-0.2, -0.15) is 5.26 Å². The van der Waals surface area contributed by atoms with Crippen molar-refractivity contribution in [2.24, 2.45) is 4.99 Å². The van der Waals surface area contributed by atoms with Crippen molar-refractivity contribution in [2.75, 3.05) is 20.8 Å². The van der Waals surface area contributed by atoms with Crippen LogP contribution in [-0.4, -0.2) is 31.4 Å². The molecule has 0 radical (unpaired) electrons. The molecule has 3 aromatic carbocycles. The molecule has 9 nitrogen and oxygen atoms in total. The van der Waals surface area contributed by atoms with Crippen LogP contribution in [0.15, 0.2) is 81.7 Å². The molecule has 1 aliphatic rings. The lowest BCUT2D eigenvalue weighted by molar-refractivity contribution is -0.139. The van der Waals surface area contributed by atoms with Gasteiger partial charge in [-0.1, -0.05) is 47.7 Å². The maximum absolute atomic E-state index is 14.0. The molecule has 0 aliphatic carbocycles. The molecule has 0 spiro atoms. The van der Waals surface area contributed by atoms with Gasteiger partial charge in [0.15, 0.2) is 16.3 Å². The van der Waals surface area contributed by atoms with Crippen LogP contribution in [-0.2, 0) is 16.1 Å². The molecule has 1 aliphatic heterocycles. The Labute approximate surface area is 271 Å². The number of thiazole rings is 1. The number of aromatic nitrogens is 1. The zero-order valence-corrected chi connectivity index (χ0v) is 27.4. The number of benzene rings is 3. The summed E-state index contributed by atoms with van der Waals surface area (Å²) in [5, 5.41) is 9.42. The summed E-state index contributed by atoms with van der Waals surface area (Å²) in [5.41, 5.74) is 3.13. The van der Waals surface area contributed by atoms with Crippen molar-refractivity contribution in [3.8, 4) is 23.3 Å². The monoisotopic (exact) mass is 721 g/mol. The number of halogens is 1. The number of ether oxygens (including phenoxy) is 4. The van der Waals surface area contributed by atoms with Gasteiger partial charge in [-0.05, 0) is 72.3 Å². The Hall–Kier alpha value is -4.41. The van der Waals surface area contributed by atoms with Crippen LogP contribution in [0, 0.1) is 14.9 Å². The smallest absolute Gasteiger partial charge is 0.338 e. The average molecular weight is 722 g/mol. The maximum Gasteiger partial charge on any atom is 0.338 e. The first-order valence-electron chi connectivity index (χ1n) is 13.6. The van der Waals surface area contributed by atoms with Gasteiger partial charge >= 0.3 is 5.97 Å². The van der Waals surface area contributed by atoms with E-state index in [9.17, 15) is 14.9 Å². The van der Waals surface area contributed by atoms with Gasteiger partial charge in [-0.25, -0.2) is 9.79 Å². The van der Waals surface area contributed by atoms with E-state index in [2.05, 4.69) is 33.7 Å². The summed E-state index contributed by atoms with van der Waals surface area (Å²) >= 11 is 3.39. The second kappa shape index (κ2) is 13.5. The van der Waals surface area contributed by atoms with Crippen molar-refractivity contribution in [3.63, 3.8) is 0 Å². The van der Waals surface area contributed by atoms with E-state index in [1.165, 1.54) is 15.9 Å². The Morgan fingerprint density at radius 1 is 1.11 bits per heavy atom. The molecular weight excluding hydrogens is 693 g/mol. The Bertz CT molecular complexity index is 2010. The Morgan fingerprint density at radius 2 is 1.84 bits per heavy atom. The molecule has 4 aromatic rings. The summed E-state index contributed by atoms with van der Waals surface area (Å²) in [6.45, 7) is 3.86. The topological polar surface area (TPSA) is 112 Å². The van der Waals surface area contributed by atoms with Gasteiger partial charge in [-0.3, -0.25) is 9.36 Å². The van der Waals surface area contributed by atoms with Crippen LogP contribution in [0.2, 0.25) is 0 Å². The van der Waals surface area contributed by atoms with Gasteiger partial charge in [0, 0.05) is 11.1 Å². The van der Waals surface area contributed by atoms with Crippen molar-refractivity contribution < 1.29 is 23.7 Å². The summed E-state index contributed by atoms with van der Waals surface area (Å²) in [7, 11) is 3.10. The fraction of sp³-hybridized carbons (Fsp3) is 0.212. The van der Waals surface area contributed by atoms with Gasteiger partial charge < -0.3 is 18.9 Å². The van der Waals surface area contributed by atoms with E-state index in [1.807, 2.05) is 42.5 Å². The number of allylic oxidation sites excluding steroid dienone is 1. The standard InChI is InChI=1S/C33H28IN3O6S/c1-5-42-32(39)28-19(2)36-33-37(29(28)23-12-8-9-13-25(23)40-3)31(38)27(44-33)16-20-14-24(34)30(26(15-20)41-4)43-18-22-11-7-6-10-21(22)17-35/h6-16,29H,5,18H2,1-4H3/b27-16+/t29-/m0/s1. The number of fused-ring (bicyclic) bond motifs is 1. The van der Waals surface area contributed by atoms with E-state index >= 15 is 0 Å². The van der Waals surface area contributed by atoms with Crippen LogP contribution in [0.4, 0.5) is 0 Å². The lowest BCUT2D eigenvalue weighted by atomic mass is 9.95. The molecule has 5 rings (SSSR count). The van der Waals surface area contributed by atoms with Crippen LogP contribution < -0.4 is 29.1 Å². The highest BCUT2D eigenvalue weighted by Crippen LogP contribution is 2.37. The average Bonchev–Trinajstić information content (AvgIpc) is 3.33. The second-order valence-corrected chi connectivity index (χ2v) is 11.8. The zero-order chi connectivity index (χ0) is 31.4. The molecule has 2 heterocycles. The van der Waals surface area contributed by atoms with Gasteiger partial charge in [0.05, 0.1) is 51.8 Å². The Balaban J connectivity index is 1.59. The lowest BCUT2D eigenvalue weighted by Crippen LogP contribution is -2.40. The van der Waals surface area contributed by atoms with Crippen LogP contribution in [0.1, 0.15) is 42.1 Å². The fourth-order valence-corrected chi connectivity index (χ4v) is 6.83. The Kier molecular flexibility index (Phi) is 9.51. The lowest BCUT2D eigenvalue weighted by Gasteiger charge is -2.25. The predicted octanol–water partition coefficient (Wildman–Crippen LogP) is 4.87. The molecule has 224 valence electrons. The largest absolute Gasteiger partial charge is 0.496 e. The third-order valence-corrected chi connectivity index (χ3v) is 8.79. The summed E-state index contributed by atoms with van der Waals surface area (Å²) in [6, 6.07) is 19.6. The zero-order valence-electron chi connectivity index (χ0n) is 24.4. The number of nitrogens with zero attached hydrogens (tertiary/aromatic N) is 3. The number of methoxy groups -OCH3 is 2. The molecule has 0 bridgehead atoms. The third-order valence-electron chi connectivity index (χ3n) is 7.01. The maximum atomic E-state index is 14.0. The molecule has 11 heteroatoms. The highest BCUT2D eigenvalue weighted by Gasteiger charge is 2.35. The molecule has 1 atom stereocenters. The molecule has 0 amide bonds. The van der Waals surface area contributed by atoms with Crippen molar-refractivity contribution in [1.29, 1.82) is 5.26 Å². The normalized spacial score (nSPS) is 14.4. The highest BCUT2D eigenvalue weighted by atomic mass is 127. The minimum absolute atomic E-state index is 0.184. The molecule has 0 saturated heterocycles. The summed E-state index contributed by atoms with van der Waals surface area (Å²) < 4.78 is 25.5. The molecule has 0 fully saturated rings. The number of rotatable bonds is 9. The number of nitriles is 1. The van der Waals surface area contributed by atoms with Gasteiger partial charge in [0.1, 0.15) is 18.4 Å². The number of hydrogen-bond donors (Lipinski definition) is 0. The van der Waals surface area contributed by atoms with Gasteiger partial charge in [0.2, 0.25) is 0 Å². The minimum Gasteiger partial charge on any atom is -0.496 e. The van der Waals surface area contributed by atoms with Crippen LogP contribution in [0.3, 0.4) is 0 Å². The quantitative estimate of drug-likeness (QED) is 0.179. The van der Waals surface area contributed by atoms with E-state index in [1.54, 1.807) is 52.3 Å². The van der Waals surface area contributed by atoms with E-state index in [-0.39, 0.29) is 24.3 Å². The van der Waals surface area contributed by atoms with Gasteiger partial charge in [-0.15, -0.1) is 0 Å². The molecular formula is C33H28IN3O6S.